The van der Waals surface area contributed by atoms with Crippen molar-refractivity contribution in [1.29, 1.82) is 0 Å². The maximum atomic E-state index is 9.72. The lowest BCUT2D eigenvalue weighted by Crippen LogP contribution is -2.00. The summed E-state index contributed by atoms with van der Waals surface area (Å²) in [6.07, 6.45) is 1.36. The quantitative estimate of drug-likeness (QED) is 0.848. The van der Waals surface area contributed by atoms with Gasteiger partial charge in [0.2, 0.25) is 0 Å². The van der Waals surface area contributed by atoms with Gasteiger partial charge in [-0.25, -0.2) is 0 Å². The fourth-order valence-corrected chi connectivity index (χ4v) is 2.05. The number of aliphatic hydroxyl groups excluding tert-OH is 2. The van der Waals surface area contributed by atoms with Crippen molar-refractivity contribution < 1.29 is 14.9 Å². The van der Waals surface area contributed by atoms with Gasteiger partial charge in [-0.05, 0) is 19.1 Å². The number of hydrogen-bond acceptors (Lipinski definition) is 3. The van der Waals surface area contributed by atoms with Crippen molar-refractivity contribution in [1.82, 2.24) is 4.57 Å². The second-order valence-corrected chi connectivity index (χ2v) is 4.06. The number of aliphatic hydroxyl groups is 2. The maximum absolute atomic E-state index is 9.72. The SMILES string of the molecule is COc1ccc2c(C(C)O)cn(CCO)c2c1. The summed E-state index contributed by atoms with van der Waals surface area (Å²) >= 11 is 0. The highest BCUT2D eigenvalue weighted by Gasteiger charge is 2.12. The molecule has 1 unspecified atom stereocenters. The Balaban J connectivity index is 2.63. The Kier molecular flexibility index (Phi) is 3.36. The fraction of sp³-hybridized carbons (Fsp3) is 0.385. The monoisotopic (exact) mass is 235 g/mol. The average molecular weight is 235 g/mol. The van der Waals surface area contributed by atoms with Crippen LogP contribution in [0.2, 0.25) is 0 Å². The van der Waals surface area contributed by atoms with E-state index in [4.69, 9.17) is 9.84 Å². The molecule has 1 heterocycles. The molecule has 0 amide bonds. The molecular weight excluding hydrogens is 218 g/mol. The van der Waals surface area contributed by atoms with Crippen LogP contribution in [0.15, 0.2) is 24.4 Å². The number of benzene rings is 1. The van der Waals surface area contributed by atoms with Crippen LogP contribution >= 0.6 is 0 Å². The van der Waals surface area contributed by atoms with Gasteiger partial charge in [0.25, 0.3) is 0 Å². The molecule has 17 heavy (non-hydrogen) atoms. The van der Waals surface area contributed by atoms with E-state index in [0.29, 0.717) is 6.54 Å². The highest BCUT2D eigenvalue weighted by atomic mass is 16.5. The first-order valence-corrected chi connectivity index (χ1v) is 5.63. The number of nitrogens with zero attached hydrogens (tertiary/aromatic N) is 1. The van der Waals surface area contributed by atoms with E-state index in [2.05, 4.69) is 0 Å². The summed E-state index contributed by atoms with van der Waals surface area (Å²) in [6.45, 7) is 2.32. The predicted molar refractivity (Wildman–Crippen MR) is 66.2 cm³/mol. The molecule has 1 atom stereocenters. The van der Waals surface area contributed by atoms with Crippen molar-refractivity contribution in [3.63, 3.8) is 0 Å². The van der Waals surface area contributed by atoms with E-state index < -0.39 is 6.10 Å². The standard InChI is InChI=1S/C13H17NO3/c1-9(16)12-8-14(5-6-15)13-7-10(17-2)3-4-11(12)13/h3-4,7-9,15-16H,5-6H2,1-2H3. The highest BCUT2D eigenvalue weighted by molar-refractivity contribution is 5.85. The van der Waals surface area contributed by atoms with Crippen LogP contribution in [0.4, 0.5) is 0 Å². The Bertz CT molecular complexity index is 517. The van der Waals surface area contributed by atoms with E-state index in [-0.39, 0.29) is 6.61 Å². The van der Waals surface area contributed by atoms with Gasteiger partial charge in [0.15, 0.2) is 0 Å². The molecule has 0 aliphatic heterocycles. The molecule has 0 radical (unpaired) electrons. The van der Waals surface area contributed by atoms with Crippen LogP contribution in [-0.2, 0) is 6.54 Å². The third-order valence-corrected chi connectivity index (χ3v) is 2.91. The molecule has 0 spiro atoms. The zero-order valence-electron chi connectivity index (χ0n) is 10.1. The van der Waals surface area contributed by atoms with Crippen LogP contribution < -0.4 is 4.74 Å². The predicted octanol–water partition coefficient (Wildman–Crippen LogP) is 1.70. The number of aromatic nitrogens is 1. The number of methoxy groups -OCH3 is 1. The van der Waals surface area contributed by atoms with Crippen molar-refractivity contribution in [2.45, 2.75) is 19.6 Å². The second kappa shape index (κ2) is 4.77. The Morgan fingerprint density at radius 2 is 2.18 bits per heavy atom. The first kappa shape index (κ1) is 12.0. The van der Waals surface area contributed by atoms with Crippen molar-refractivity contribution in [2.24, 2.45) is 0 Å². The number of hydrogen-bond donors (Lipinski definition) is 2. The van der Waals surface area contributed by atoms with E-state index in [0.717, 1.165) is 22.2 Å². The molecule has 0 aliphatic carbocycles. The molecule has 0 saturated carbocycles. The van der Waals surface area contributed by atoms with E-state index >= 15 is 0 Å². The van der Waals surface area contributed by atoms with Crippen LogP contribution in [0, 0.1) is 0 Å². The Morgan fingerprint density at radius 1 is 1.41 bits per heavy atom. The molecule has 1 aromatic heterocycles. The molecule has 2 aromatic rings. The fourth-order valence-electron chi connectivity index (χ4n) is 2.05. The third-order valence-electron chi connectivity index (χ3n) is 2.91. The van der Waals surface area contributed by atoms with E-state index in [9.17, 15) is 5.11 Å². The summed E-state index contributed by atoms with van der Waals surface area (Å²) in [6, 6.07) is 5.72. The first-order valence-electron chi connectivity index (χ1n) is 5.63. The van der Waals surface area contributed by atoms with Crippen LogP contribution in [0.25, 0.3) is 10.9 Å². The van der Waals surface area contributed by atoms with E-state index in [1.165, 1.54) is 0 Å². The average Bonchev–Trinajstić information content (AvgIpc) is 2.68. The summed E-state index contributed by atoms with van der Waals surface area (Å²) < 4.78 is 7.12. The van der Waals surface area contributed by atoms with Crippen molar-refractivity contribution in [3.05, 3.63) is 30.0 Å². The third kappa shape index (κ3) is 2.14. The molecule has 1 aromatic carbocycles. The minimum atomic E-state index is -0.522. The van der Waals surface area contributed by atoms with Crippen LogP contribution in [0.5, 0.6) is 5.75 Å². The minimum absolute atomic E-state index is 0.0697. The van der Waals surface area contributed by atoms with Gasteiger partial charge in [-0.2, -0.15) is 0 Å². The molecule has 2 N–H and O–H groups in total. The number of ether oxygens (including phenoxy) is 1. The summed E-state index contributed by atoms with van der Waals surface area (Å²) in [5, 5.41) is 19.8. The molecule has 0 saturated heterocycles. The van der Waals surface area contributed by atoms with E-state index in [1.54, 1.807) is 14.0 Å². The molecule has 92 valence electrons. The Hall–Kier alpha value is -1.52. The molecule has 4 heteroatoms. The summed E-state index contributed by atoms with van der Waals surface area (Å²) in [7, 11) is 1.62. The second-order valence-electron chi connectivity index (χ2n) is 4.06. The molecule has 0 bridgehead atoms. The van der Waals surface area contributed by atoms with Crippen molar-refractivity contribution in [3.8, 4) is 5.75 Å². The van der Waals surface area contributed by atoms with Gasteiger partial charge in [0.1, 0.15) is 5.75 Å². The van der Waals surface area contributed by atoms with Crippen molar-refractivity contribution >= 4 is 10.9 Å². The van der Waals surface area contributed by atoms with Crippen LogP contribution in [0.1, 0.15) is 18.6 Å². The zero-order valence-corrected chi connectivity index (χ0v) is 10.1. The molecule has 0 aliphatic rings. The molecule has 0 fully saturated rings. The summed E-state index contributed by atoms with van der Waals surface area (Å²) in [4.78, 5) is 0. The topological polar surface area (TPSA) is 54.6 Å². The Labute approximate surface area is 100 Å². The number of rotatable bonds is 4. The minimum Gasteiger partial charge on any atom is -0.497 e. The number of fused-ring (bicyclic) bond motifs is 1. The van der Waals surface area contributed by atoms with Gasteiger partial charge in [0, 0.05) is 29.8 Å². The van der Waals surface area contributed by atoms with Crippen LogP contribution in [-0.4, -0.2) is 28.5 Å². The summed E-state index contributed by atoms with van der Waals surface area (Å²) in [5.41, 5.74) is 1.84. The zero-order chi connectivity index (χ0) is 12.4. The Morgan fingerprint density at radius 3 is 2.76 bits per heavy atom. The lowest BCUT2D eigenvalue weighted by Gasteiger charge is -2.04. The van der Waals surface area contributed by atoms with Gasteiger partial charge in [0.05, 0.1) is 25.3 Å². The lowest BCUT2D eigenvalue weighted by molar-refractivity contribution is 0.200. The van der Waals surface area contributed by atoms with Gasteiger partial charge >= 0.3 is 0 Å². The lowest BCUT2D eigenvalue weighted by atomic mass is 10.1. The van der Waals surface area contributed by atoms with E-state index in [1.807, 2.05) is 29.0 Å². The highest BCUT2D eigenvalue weighted by Crippen LogP contribution is 2.29. The molecular formula is C13H17NO3. The maximum Gasteiger partial charge on any atom is 0.120 e. The van der Waals surface area contributed by atoms with Gasteiger partial charge < -0.3 is 19.5 Å². The molecule has 2 rings (SSSR count). The van der Waals surface area contributed by atoms with Gasteiger partial charge in [-0.3, -0.25) is 0 Å². The largest absolute Gasteiger partial charge is 0.497 e. The normalized spacial score (nSPS) is 12.9. The smallest absolute Gasteiger partial charge is 0.120 e. The van der Waals surface area contributed by atoms with Gasteiger partial charge in [-0.1, -0.05) is 0 Å². The molecule has 4 nitrogen and oxygen atoms in total. The van der Waals surface area contributed by atoms with Gasteiger partial charge in [-0.15, -0.1) is 0 Å². The van der Waals surface area contributed by atoms with Crippen LogP contribution in [0.3, 0.4) is 0 Å². The first-order chi connectivity index (χ1) is 8.17. The van der Waals surface area contributed by atoms with Crippen molar-refractivity contribution in [2.75, 3.05) is 13.7 Å². The summed E-state index contributed by atoms with van der Waals surface area (Å²) in [5.74, 6) is 0.770.